The highest BCUT2D eigenvalue weighted by Crippen LogP contribution is 2.33. The van der Waals surface area contributed by atoms with E-state index in [0.29, 0.717) is 18.5 Å². The van der Waals surface area contributed by atoms with E-state index in [0.717, 1.165) is 43.4 Å². The number of nitrogens with one attached hydrogen (secondary N) is 2. The highest BCUT2D eigenvalue weighted by atomic mass is 16.2. The molecule has 2 N–H and O–H groups in total. The summed E-state index contributed by atoms with van der Waals surface area (Å²) in [5, 5.41) is 3.44. The van der Waals surface area contributed by atoms with Crippen LogP contribution in [0.1, 0.15) is 42.5 Å². The van der Waals surface area contributed by atoms with Crippen molar-refractivity contribution >= 4 is 12.2 Å². The largest absolute Gasteiger partial charge is 0.345 e. The Balaban J connectivity index is 1.75. The molecule has 0 radical (unpaired) electrons. The summed E-state index contributed by atoms with van der Waals surface area (Å²) in [6.45, 7) is 0.596. The molecular weight excluding hydrogens is 316 g/mol. The van der Waals surface area contributed by atoms with Crippen molar-refractivity contribution in [2.24, 2.45) is 0 Å². The van der Waals surface area contributed by atoms with Gasteiger partial charge in [-0.1, -0.05) is 12.1 Å². The summed E-state index contributed by atoms with van der Waals surface area (Å²) in [5.41, 5.74) is 1.25. The third-order valence-electron chi connectivity index (χ3n) is 5.00. The summed E-state index contributed by atoms with van der Waals surface area (Å²) in [6.07, 6.45) is 8.85. The standard InChI is InChI=1S/C19H24N4O2/c1-23(19(9-2-3-10-19)22-11-4-14-24)18(25)16-7-5-15(6-8-16)17-20-12-13-21-17/h5-8,12-14,22H,2-4,9-11H2,1H3,(H,20,21). The molecule has 0 saturated heterocycles. The summed E-state index contributed by atoms with van der Waals surface area (Å²) < 4.78 is 0. The van der Waals surface area contributed by atoms with Crippen molar-refractivity contribution in [3.63, 3.8) is 0 Å². The van der Waals surface area contributed by atoms with E-state index < -0.39 is 0 Å². The zero-order chi connectivity index (χ0) is 17.7. The van der Waals surface area contributed by atoms with Gasteiger partial charge < -0.3 is 14.7 Å². The Morgan fingerprint density at radius 3 is 2.64 bits per heavy atom. The molecule has 3 rings (SSSR count). The van der Waals surface area contributed by atoms with Gasteiger partial charge in [0.15, 0.2) is 0 Å². The SMILES string of the molecule is CN(C(=O)c1ccc(-c2ncc[nH]2)cc1)C1(NCCC=O)CCCC1. The Bertz CT molecular complexity index is 704. The lowest BCUT2D eigenvalue weighted by molar-refractivity contribution is -0.107. The topological polar surface area (TPSA) is 78.1 Å². The summed E-state index contributed by atoms with van der Waals surface area (Å²) in [7, 11) is 1.85. The molecule has 1 saturated carbocycles. The summed E-state index contributed by atoms with van der Waals surface area (Å²) >= 11 is 0. The number of aldehydes is 1. The van der Waals surface area contributed by atoms with Crippen molar-refractivity contribution in [3.05, 3.63) is 42.2 Å². The highest BCUT2D eigenvalue weighted by Gasteiger charge is 2.39. The van der Waals surface area contributed by atoms with E-state index >= 15 is 0 Å². The number of carbonyl (C=O) groups is 2. The number of rotatable bonds is 7. The molecule has 25 heavy (non-hydrogen) atoms. The fourth-order valence-electron chi connectivity index (χ4n) is 3.54. The Hall–Kier alpha value is -2.47. The Kier molecular flexibility index (Phi) is 5.28. The second kappa shape index (κ2) is 7.61. The molecule has 6 nitrogen and oxygen atoms in total. The van der Waals surface area contributed by atoms with E-state index in [4.69, 9.17) is 0 Å². The number of H-pyrrole nitrogens is 1. The maximum atomic E-state index is 13.0. The van der Waals surface area contributed by atoms with Gasteiger partial charge >= 0.3 is 0 Å². The lowest BCUT2D eigenvalue weighted by Gasteiger charge is -2.40. The van der Waals surface area contributed by atoms with Crippen LogP contribution in [-0.4, -0.2) is 46.3 Å². The second-order valence-electron chi connectivity index (χ2n) is 6.50. The Morgan fingerprint density at radius 1 is 1.32 bits per heavy atom. The lowest BCUT2D eigenvalue weighted by atomic mass is 10.0. The fraction of sp³-hybridized carbons (Fsp3) is 0.421. The van der Waals surface area contributed by atoms with Crippen LogP contribution in [0.4, 0.5) is 0 Å². The van der Waals surface area contributed by atoms with Crippen LogP contribution < -0.4 is 5.32 Å². The van der Waals surface area contributed by atoms with Gasteiger partial charge in [-0.15, -0.1) is 0 Å². The molecular formula is C19H24N4O2. The molecule has 2 aromatic rings. The van der Waals surface area contributed by atoms with Crippen molar-refractivity contribution in [3.8, 4) is 11.4 Å². The smallest absolute Gasteiger partial charge is 0.255 e. The zero-order valence-electron chi connectivity index (χ0n) is 14.5. The number of benzene rings is 1. The van der Waals surface area contributed by atoms with Crippen molar-refractivity contribution in [2.75, 3.05) is 13.6 Å². The number of imidazole rings is 1. The molecule has 1 aliphatic rings. The minimum atomic E-state index is -0.347. The lowest BCUT2D eigenvalue weighted by Crippen LogP contribution is -2.57. The first-order valence-corrected chi connectivity index (χ1v) is 8.73. The normalized spacial score (nSPS) is 15.9. The molecule has 1 amide bonds. The number of aromatic nitrogens is 2. The van der Waals surface area contributed by atoms with Crippen molar-refractivity contribution in [2.45, 2.75) is 37.8 Å². The van der Waals surface area contributed by atoms with Crippen LogP contribution in [0, 0.1) is 0 Å². The monoisotopic (exact) mass is 340 g/mol. The van der Waals surface area contributed by atoms with Gasteiger partial charge in [0.2, 0.25) is 0 Å². The number of hydrogen-bond donors (Lipinski definition) is 2. The molecule has 1 aliphatic carbocycles. The van der Waals surface area contributed by atoms with Crippen molar-refractivity contribution in [1.82, 2.24) is 20.2 Å². The molecule has 132 valence electrons. The summed E-state index contributed by atoms with van der Waals surface area (Å²) in [5.74, 6) is 0.779. The molecule has 1 aromatic heterocycles. The van der Waals surface area contributed by atoms with Crippen LogP contribution in [0.5, 0.6) is 0 Å². The molecule has 0 spiro atoms. The zero-order valence-corrected chi connectivity index (χ0v) is 14.5. The van der Waals surface area contributed by atoms with Gasteiger partial charge in [0.05, 0.1) is 5.66 Å². The van der Waals surface area contributed by atoms with Crippen LogP contribution in [0.3, 0.4) is 0 Å². The van der Waals surface area contributed by atoms with E-state index in [-0.39, 0.29) is 11.6 Å². The van der Waals surface area contributed by atoms with Gasteiger partial charge in [0.1, 0.15) is 12.1 Å². The number of aromatic amines is 1. The predicted molar refractivity (Wildman–Crippen MR) is 96.0 cm³/mol. The maximum Gasteiger partial charge on any atom is 0.255 e. The maximum absolute atomic E-state index is 13.0. The van der Waals surface area contributed by atoms with Crippen LogP contribution in [-0.2, 0) is 4.79 Å². The average Bonchev–Trinajstić information content (AvgIpc) is 3.33. The molecule has 0 atom stereocenters. The first kappa shape index (κ1) is 17.4. The number of hydrogen-bond acceptors (Lipinski definition) is 4. The Labute approximate surface area is 147 Å². The summed E-state index contributed by atoms with van der Waals surface area (Å²) in [6, 6.07) is 7.48. The van der Waals surface area contributed by atoms with Gasteiger partial charge in [0.25, 0.3) is 5.91 Å². The van der Waals surface area contributed by atoms with Gasteiger partial charge in [-0.05, 0) is 37.8 Å². The number of amides is 1. The molecule has 1 aromatic carbocycles. The van der Waals surface area contributed by atoms with E-state index in [2.05, 4.69) is 15.3 Å². The van der Waals surface area contributed by atoms with Crippen LogP contribution in [0.25, 0.3) is 11.4 Å². The summed E-state index contributed by atoms with van der Waals surface area (Å²) in [4.78, 5) is 32.7. The van der Waals surface area contributed by atoms with E-state index in [1.165, 1.54) is 0 Å². The third-order valence-corrected chi connectivity index (χ3v) is 5.00. The molecule has 0 bridgehead atoms. The first-order chi connectivity index (χ1) is 12.2. The van der Waals surface area contributed by atoms with Gasteiger partial charge in [-0.3, -0.25) is 10.1 Å². The number of nitrogens with zero attached hydrogens (tertiary/aromatic N) is 2. The highest BCUT2D eigenvalue weighted by molar-refractivity contribution is 5.95. The fourth-order valence-corrected chi connectivity index (χ4v) is 3.54. The van der Waals surface area contributed by atoms with Crippen molar-refractivity contribution in [1.29, 1.82) is 0 Å². The van der Waals surface area contributed by atoms with E-state index in [9.17, 15) is 9.59 Å². The minimum Gasteiger partial charge on any atom is -0.345 e. The van der Waals surface area contributed by atoms with Crippen LogP contribution in [0.15, 0.2) is 36.7 Å². The molecule has 0 unspecified atom stereocenters. The van der Waals surface area contributed by atoms with Gasteiger partial charge in [0, 0.05) is 43.5 Å². The predicted octanol–water partition coefficient (Wildman–Crippen LogP) is 2.60. The van der Waals surface area contributed by atoms with Gasteiger partial charge in [-0.2, -0.15) is 0 Å². The van der Waals surface area contributed by atoms with Crippen LogP contribution >= 0.6 is 0 Å². The number of carbonyl (C=O) groups excluding carboxylic acids is 2. The first-order valence-electron chi connectivity index (χ1n) is 8.73. The van der Waals surface area contributed by atoms with Gasteiger partial charge in [-0.25, -0.2) is 4.98 Å². The molecule has 1 fully saturated rings. The molecule has 6 heteroatoms. The van der Waals surface area contributed by atoms with Crippen molar-refractivity contribution < 1.29 is 9.59 Å². The quantitative estimate of drug-likeness (QED) is 0.461. The molecule has 1 heterocycles. The Morgan fingerprint density at radius 2 is 2.04 bits per heavy atom. The second-order valence-corrected chi connectivity index (χ2v) is 6.50. The van der Waals surface area contributed by atoms with Crippen LogP contribution in [0.2, 0.25) is 0 Å². The van der Waals surface area contributed by atoms with E-state index in [1.54, 1.807) is 12.4 Å². The molecule has 0 aliphatic heterocycles. The average molecular weight is 340 g/mol. The minimum absolute atomic E-state index is 0.00787. The third kappa shape index (κ3) is 3.64. The van der Waals surface area contributed by atoms with E-state index in [1.807, 2.05) is 36.2 Å².